The van der Waals surface area contributed by atoms with Crippen molar-refractivity contribution in [2.75, 3.05) is 5.75 Å². The smallest absolute Gasteiger partial charge is 0.167 e. The fraction of sp³-hybridized carbons (Fsp3) is 0.222. The number of Topliss-reactive ketones (excluding diaryl/α,β-unsaturated/α-hetero) is 1. The van der Waals surface area contributed by atoms with Gasteiger partial charge in [-0.05, 0) is 25.0 Å². The van der Waals surface area contributed by atoms with Crippen LogP contribution in [0.3, 0.4) is 0 Å². The molecule has 0 aliphatic rings. The maximum atomic E-state index is 12.4. The zero-order chi connectivity index (χ0) is 17.7. The zero-order valence-corrected chi connectivity index (χ0v) is 14.1. The molecule has 0 atom stereocenters. The molecule has 0 saturated carbocycles. The molecule has 0 aliphatic carbocycles. The van der Waals surface area contributed by atoms with E-state index in [9.17, 15) is 20.0 Å². The Bertz CT molecular complexity index is 826. The Morgan fingerprint density at radius 2 is 1.92 bits per heavy atom. The molecule has 0 fully saturated rings. The average molecular weight is 339 g/mol. The van der Waals surface area contributed by atoms with Crippen LogP contribution < -0.4 is 5.11 Å². The van der Waals surface area contributed by atoms with E-state index in [0.29, 0.717) is 33.0 Å². The highest BCUT2D eigenvalue weighted by Crippen LogP contribution is 2.27. The number of carbonyl (C=O) groups is 2. The number of aromatic nitrogens is 1. The van der Waals surface area contributed by atoms with Gasteiger partial charge in [0.15, 0.2) is 5.78 Å². The molecule has 2 rings (SSSR count). The zero-order valence-electron chi connectivity index (χ0n) is 13.3. The quantitative estimate of drug-likeness (QED) is 0.589. The van der Waals surface area contributed by atoms with Crippen LogP contribution in [-0.2, 0) is 11.2 Å². The number of benzene rings is 1. The first-order chi connectivity index (χ1) is 11.4. The summed E-state index contributed by atoms with van der Waals surface area (Å²) in [6, 6.07) is 11.0. The maximum absolute atomic E-state index is 12.4. The van der Waals surface area contributed by atoms with Gasteiger partial charge in [0.05, 0.1) is 11.5 Å². The molecular formula is C18H15N2O3S-. The standard InChI is InChI=1S/C18H16N2O3S/c1-11-14(8-16(21)13-6-4-3-5-7-13)12(2)20-18(15(11)9-19)24-10-17(22)23/h3-7H,8,10H2,1-2H3,(H,22,23)/p-1. The van der Waals surface area contributed by atoms with Crippen molar-refractivity contribution in [2.45, 2.75) is 25.3 Å². The molecule has 0 amide bonds. The van der Waals surface area contributed by atoms with Crippen LogP contribution in [0.15, 0.2) is 35.4 Å². The molecule has 0 unspecified atom stereocenters. The number of hydrogen-bond acceptors (Lipinski definition) is 6. The van der Waals surface area contributed by atoms with E-state index in [1.165, 1.54) is 0 Å². The van der Waals surface area contributed by atoms with E-state index >= 15 is 0 Å². The largest absolute Gasteiger partial charge is 0.549 e. The lowest BCUT2D eigenvalue weighted by molar-refractivity contribution is -0.301. The first-order valence-corrected chi connectivity index (χ1v) is 8.23. The lowest BCUT2D eigenvalue weighted by Crippen LogP contribution is -2.24. The molecule has 0 radical (unpaired) electrons. The van der Waals surface area contributed by atoms with E-state index in [-0.39, 0.29) is 18.0 Å². The Kier molecular flexibility index (Phi) is 5.72. The van der Waals surface area contributed by atoms with Gasteiger partial charge in [-0.15, -0.1) is 0 Å². The predicted molar refractivity (Wildman–Crippen MR) is 88.6 cm³/mol. The third kappa shape index (κ3) is 4.00. The third-order valence-corrected chi connectivity index (χ3v) is 4.57. The molecule has 0 spiro atoms. The lowest BCUT2D eigenvalue weighted by Gasteiger charge is -2.14. The molecule has 5 nitrogen and oxygen atoms in total. The van der Waals surface area contributed by atoms with Gasteiger partial charge in [-0.1, -0.05) is 42.1 Å². The number of ketones is 1. The number of carboxylic acid groups (broad SMARTS) is 1. The van der Waals surface area contributed by atoms with Crippen molar-refractivity contribution in [1.82, 2.24) is 4.98 Å². The second kappa shape index (κ2) is 7.75. The first kappa shape index (κ1) is 17.7. The molecule has 1 aromatic heterocycles. The van der Waals surface area contributed by atoms with Crippen LogP contribution >= 0.6 is 11.8 Å². The summed E-state index contributed by atoms with van der Waals surface area (Å²) in [5, 5.41) is 20.4. The number of thioether (sulfide) groups is 1. The van der Waals surface area contributed by atoms with Crippen molar-refractivity contribution in [3.05, 3.63) is 58.3 Å². The van der Waals surface area contributed by atoms with E-state index in [2.05, 4.69) is 11.1 Å². The van der Waals surface area contributed by atoms with Gasteiger partial charge in [-0.2, -0.15) is 5.26 Å². The molecule has 24 heavy (non-hydrogen) atoms. The van der Waals surface area contributed by atoms with E-state index in [1.54, 1.807) is 38.1 Å². The number of hydrogen-bond donors (Lipinski definition) is 0. The third-order valence-electron chi connectivity index (χ3n) is 3.62. The van der Waals surface area contributed by atoms with Crippen molar-refractivity contribution in [2.24, 2.45) is 0 Å². The average Bonchev–Trinajstić information content (AvgIpc) is 2.57. The predicted octanol–water partition coefficient (Wildman–Crippen LogP) is 1.84. The van der Waals surface area contributed by atoms with Gasteiger partial charge in [0.2, 0.25) is 0 Å². The Hall–Kier alpha value is -2.65. The molecule has 0 aliphatic heterocycles. The highest BCUT2D eigenvalue weighted by atomic mass is 32.2. The van der Waals surface area contributed by atoms with E-state index in [0.717, 1.165) is 11.8 Å². The normalized spacial score (nSPS) is 10.2. The summed E-state index contributed by atoms with van der Waals surface area (Å²) in [4.78, 5) is 27.4. The van der Waals surface area contributed by atoms with Crippen molar-refractivity contribution in [1.29, 1.82) is 5.26 Å². The van der Waals surface area contributed by atoms with Crippen molar-refractivity contribution < 1.29 is 14.7 Å². The Balaban J connectivity index is 2.36. The summed E-state index contributed by atoms with van der Waals surface area (Å²) in [6.45, 7) is 3.51. The van der Waals surface area contributed by atoms with Crippen LogP contribution in [0.4, 0.5) is 0 Å². The molecule has 1 aromatic carbocycles. The van der Waals surface area contributed by atoms with Gasteiger partial charge in [-0.25, -0.2) is 4.98 Å². The summed E-state index contributed by atoms with van der Waals surface area (Å²) in [5.74, 6) is -1.55. The summed E-state index contributed by atoms with van der Waals surface area (Å²) < 4.78 is 0. The van der Waals surface area contributed by atoms with Crippen molar-refractivity contribution in [3.63, 3.8) is 0 Å². The minimum atomic E-state index is -1.22. The number of rotatable bonds is 6. The minimum Gasteiger partial charge on any atom is -0.549 e. The van der Waals surface area contributed by atoms with Gasteiger partial charge in [0.25, 0.3) is 0 Å². The number of nitriles is 1. The molecule has 2 aromatic rings. The molecule has 122 valence electrons. The molecule has 6 heteroatoms. The van der Waals surface area contributed by atoms with Gasteiger partial charge < -0.3 is 9.90 Å². The highest BCUT2D eigenvalue weighted by molar-refractivity contribution is 7.99. The minimum absolute atomic E-state index is 0.0531. The van der Waals surface area contributed by atoms with Crippen molar-refractivity contribution in [3.8, 4) is 6.07 Å². The molecule has 1 heterocycles. The van der Waals surface area contributed by atoms with Gasteiger partial charge in [0.1, 0.15) is 11.1 Å². The van der Waals surface area contributed by atoms with E-state index in [1.807, 2.05) is 6.07 Å². The van der Waals surface area contributed by atoms with Gasteiger partial charge in [-0.3, -0.25) is 4.79 Å². The van der Waals surface area contributed by atoms with Crippen LogP contribution in [0.2, 0.25) is 0 Å². The van der Waals surface area contributed by atoms with Crippen LogP contribution in [-0.4, -0.2) is 22.5 Å². The van der Waals surface area contributed by atoms with E-state index in [4.69, 9.17) is 0 Å². The molecule has 0 bridgehead atoms. The van der Waals surface area contributed by atoms with Crippen LogP contribution in [0.5, 0.6) is 0 Å². The monoisotopic (exact) mass is 339 g/mol. The second-order valence-electron chi connectivity index (χ2n) is 5.22. The molecule has 0 N–H and O–H groups in total. The fourth-order valence-electron chi connectivity index (χ4n) is 2.37. The highest BCUT2D eigenvalue weighted by Gasteiger charge is 2.18. The number of nitrogens with zero attached hydrogens (tertiary/aromatic N) is 2. The topological polar surface area (TPSA) is 93.9 Å². The van der Waals surface area contributed by atoms with E-state index < -0.39 is 5.97 Å². The SMILES string of the molecule is Cc1nc(SCC(=O)[O-])c(C#N)c(C)c1CC(=O)c1ccccc1. The maximum Gasteiger partial charge on any atom is 0.167 e. The fourth-order valence-corrected chi connectivity index (χ4v) is 3.17. The summed E-state index contributed by atoms with van der Waals surface area (Å²) >= 11 is 0.951. The Morgan fingerprint density at radius 1 is 1.25 bits per heavy atom. The second-order valence-corrected chi connectivity index (χ2v) is 6.18. The summed E-state index contributed by atoms with van der Waals surface area (Å²) in [6.07, 6.45) is 0.148. The number of carbonyl (C=O) groups excluding carboxylic acids is 2. The number of aliphatic carboxylic acids is 1. The van der Waals surface area contributed by atoms with Crippen LogP contribution in [0.25, 0.3) is 0 Å². The molecule has 0 saturated heterocycles. The van der Waals surface area contributed by atoms with Gasteiger partial charge in [0, 0.05) is 23.4 Å². The summed E-state index contributed by atoms with van der Waals surface area (Å²) in [7, 11) is 0. The van der Waals surface area contributed by atoms with Crippen molar-refractivity contribution >= 4 is 23.5 Å². The van der Waals surface area contributed by atoms with Crippen LogP contribution in [0, 0.1) is 25.2 Å². The van der Waals surface area contributed by atoms with Gasteiger partial charge >= 0.3 is 0 Å². The Morgan fingerprint density at radius 3 is 2.50 bits per heavy atom. The Labute approximate surface area is 144 Å². The summed E-state index contributed by atoms with van der Waals surface area (Å²) in [5.41, 5.74) is 2.90. The number of pyridine rings is 1. The first-order valence-electron chi connectivity index (χ1n) is 7.25. The number of carboxylic acids is 1. The molecular weight excluding hydrogens is 324 g/mol. The number of aryl methyl sites for hydroxylation is 1. The van der Waals surface area contributed by atoms with Crippen LogP contribution in [0.1, 0.15) is 32.7 Å². The lowest BCUT2D eigenvalue weighted by atomic mass is 9.96.